The van der Waals surface area contributed by atoms with Gasteiger partial charge in [0, 0.05) is 23.6 Å². The number of carbonyl (C=O) groups is 1. The van der Waals surface area contributed by atoms with Crippen LogP contribution in [-0.4, -0.2) is 19.1 Å². The standard InChI is InChI=1S/C13H17ClFNO2/c1-2-18-13(17)4-3-7-16-9-10-8-11(14)5-6-12(10)15/h5-6,8,16H,2-4,7,9H2,1H3. The maximum absolute atomic E-state index is 13.3. The molecule has 1 N–H and O–H groups in total. The van der Waals surface area contributed by atoms with Crippen molar-refractivity contribution in [1.82, 2.24) is 5.32 Å². The van der Waals surface area contributed by atoms with Gasteiger partial charge in [0.1, 0.15) is 5.82 Å². The van der Waals surface area contributed by atoms with Gasteiger partial charge in [-0.05, 0) is 38.1 Å². The smallest absolute Gasteiger partial charge is 0.305 e. The van der Waals surface area contributed by atoms with E-state index >= 15 is 0 Å². The molecule has 0 spiro atoms. The lowest BCUT2D eigenvalue weighted by atomic mass is 10.2. The second-order valence-corrected chi connectivity index (χ2v) is 4.26. The Balaban J connectivity index is 2.21. The predicted molar refractivity (Wildman–Crippen MR) is 69.0 cm³/mol. The van der Waals surface area contributed by atoms with Gasteiger partial charge < -0.3 is 10.1 Å². The monoisotopic (exact) mass is 273 g/mol. The van der Waals surface area contributed by atoms with Crippen LogP contribution in [0.4, 0.5) is 4.39 Å². The molecule has 0 heterocycles. The molecule has 0 aliphatic rings. The summed E-state index contributed by atoms with van der Waals surface area (Å²) in [6.45, 7) is 3.21. The summed E-state index contributed by atoms with van der Waals surface area (Å²) < 4.78 is 18.1. The Morgan fingerprint density at radius 1 is 1.50 bits per heavy atom. The summed E-state index contributed by atoms with van der Waals surface area (Å²) in [6.07, 6.45) is 1.04. The minimum atomic E-state index is -0.280. The molecule has 0 saturated carbocycles. The highest BCUT2D eigenvalue weighted by atomic mass is 35.5. The van der Waals surface area contributed by atoms with Gasteiger partial charge in [0.25, 0.3) is 0 Å². The Bertz CT molecular complexity index is 399. The second kappa shape index (κ2) is 8.06. The number of carbonyl (C=O) groups excluding carboxylic acids is 1. The third-order valence-electron chi connectivity index (χ3n) is 2.36. The maximum Gasteiger partial charge on any atom is 0.305 e. The van der Waals surface area contributed by atoms with Crippen LogP contribution in [0.25, 0.3) is 0 Å². The zero-order valence-corrected chi connectivity index (χ0v) is 11.1. The summed E-state index contributed by atoms with van der Waals surface area (Å²) in [4.78, 5) is 11.0. The summed E-state index contributed by atoms with van der Waals surface area (Å²) in [5.74, 6) is -0.481. The third kappa shape index (κ3) is 5.47. The number of esters is 1. The average Bonchev–Trinajstić information content (AvgIpc) is 2.33. The van der Waals surface area contributed by atoms with Crippen molar-refractivity contribution in [3.05, 3.63) is 34.6 Å². The van der Waals surface area contributed by atoms with Gasteiger partial charge in [-0.25, -0.2) is 4.39 Å². The van der Waals surface area contributed by atoms with E-state index in [0.717, 1.165) is 0 Å². The van der Waals surface area contributed by atoms with E-state index in [1.54, 1.807) is 13.0 Å². The van der Waals surface area contributed by atoms with E-state index in [9.17, 15) is 9.18 Å². The molecule has 3 nitrogen and oxygen atoms in total. The molecule has 0 unspecified atom stereocenters. The normalized spacial score (nSPS) is 10.4. The highest BCUT2D eigenvalue weighted by Gasteiger charge is 2.03. The second-order valence-electron chi connectivity index (χ2n) is 3.82. The Morgan fingerprint density at radius 3 is 3.00 bits per heavy atom. The molecule has 18 heavy (non-hydrogen) atoms. The topological polar surface area (TPSA) is 38.3 Å². The lowest BCUT2D eigenvalue weighted by Crippen LogP contribution is -2.17. The molecule has 0 fully saturated rings. The molecule has 0 bridgehead atoms. The predicted octanol–water partition coefficient (Wildman–Crippen LogP) is 2.91. The van der Waals surface area contributed by atoms with E-state index in [-0.39, 0.29) is 11.8 Å². The van der Waals surface area contributed by atoms with Gasteiger partial charge in [-0.2, -0.15) is 0 Å². The van der Waals surface area contributed by atoms with Crippen molar-refractivity contribution >= 4 is 17.6 Å². The minimum absolute atomic E-state index is 0.201. The fourth-order valence-electron chi connectivity index (χ4n) is 1.49. The first kappa shape index (κ1) is 14.9. The van der Waals surface area contributed by atoms with Crippen LogP contribution in [0.3, 0.4) is 0 Å². The molecule has 0 saturated heterocycles. The minimum Gasteiger partial charge on any atom is -0.466 e. The zero-order valence-electron chi connectivity index (χ0n) is 10.3. The molecule has 1 aromatic rings. The van der Waals surface area contributed by atoms with Crippen LogP contribution in [0.2, 0.25) is 5.02 Å². The van der Waals surface area contributed by atoms with Gasteiger partial charge in [0.15, 0.2) is 0 Å². The van der Waals surface area contributed by atoms with Crippen molar-refractivity contribution in [3.8, 4) is 0 Å². The van der Waals surface area contributed by atoms with Crippen molar-refractivity contribution in [3.63, 3.8) is 0 Å². The molecule has 0 amide bonds. The molecule has 5 heteroatoms. The van der Waals surface area contributed by atoms with Crippen molar-refractivity contribution < 1.29 is 13.9 Å². The van der Waals surface area contributed by atoms with Gasteiger partial charge in [0.2, 0.25) is 0 Å². The van der Waals surface area contributed by atoms with Gasteiger partial charge in [0.05, 0.1) is 6.61 Å². The maximum atomic E-state index is 13.3. The van der Waals surface area contributed by atoms with E-state index in [4.69, 9.17) is 16.3 Å². The number of benzene rings is 1. The third-order valence-corrected chi connectivity index (χ3v) is 2.60. The van der Waals surface area contributed by atoms with E-state index in [1.165, 1.54) is 12.1 Å². The Hall–Kier alpha value is -1.13. The summed E-state index contributed by atoms with van der Waals surface area (Å²) >= 11 is 5.78. The molecule has 100 valence electrons. The molecule has 1 rings (SSSR count). The molecular formula is C13H17ClFNO2. The van der Waals surface area contributed by atoms with Crippen LogP contribution >= 0.6 is 11.6 Å². The van der Waals surface area contributed by atoms with E-state index < -0.39 is 0 Å². The first-order valence-electron chi connectivity index (χ1n) is 5.93. The molecule has 0 atom stereocenters. The summed E-state index contributed by atoms with van der Waals surface area (Å²) in [5.41, 5.74) is 0.527. The highest BCUT2D eigenvalue weighted by molar-refractivity contribution is 6.30. The average molecular weight is 274 g/mol. The van der Waals surface area contributed by atoms with Gasteiger partial charge in [-0.1, -0.05) is 11.6 Å². The SMILES string of the molecule is CCOC(=O)CCCNCc1cc(Cl)ccc1F. The van der Waals surface area contributed by atoms with Crippen molar-refractivity contribution in [2.45, 2.75) is 26.3 Å². The lowest BCUT2D eigenvalue weighted by Gasteiger charge is -2.06. The number of hydrogen-bond donors (Lipinski definition) is 1. The van der Waals surface area contributed by atoms with Crippen LogP contribution in [0.1, 0.15) is 25.3 Å². The van der Waals surface area contributed by atoms with Crippen LogP contribution < -0.4 is 5.32 Å². The largest absolute Gasteiger partial charge is 0.466 e. The van der Waals surface area contributed by atoms with Crippen LogP contribution in [0.15, 0.2) is 18.2 Å². The fourth-order valence-corrected chi connectivity index (χ4v) is 1.69. The van der Waals surface area contributed by atoms with E-state index in [0.29, 0.717) is 43.1 Å². The number of rotatable bonds is 7. The summed E-state index contributed by atoms with van der Waals surface area (Å²) in [7, 11) is 0. The Morgan fingerprint density at radius 2 is 2.28 bits per heavy atom. The number of halogens is 2. The van der Waals surface area contributed by atoms with Gasteiger partial charge >= 0.3 is 5.97 Å². The Labute approximate surface area is 111 Å². The molecular weight excluding hydrogens is 257 g/mol. The zero-order chi connectivity index (χ0) is 13.4. The van der Waals surface area contributed by atoms with Crippen LogP contribution in [-0.2, 0) is 16.1 Å². The first-order chi connectivity index (χ1) is 8.63. The van der Waals surface area contributed by atoms with E-state index in [1.807, 2.05) is 0 Å². The van der Waals surface area contributed by atoms with E-state index in [2.05, 4.69) is 5.32 Å². The molecule has 0 aliphatic heterocycles. The number of hydrogen-bond acceptors (Lipinski definition) is 3. The number of ether oxygens (including phenoxy) is 1. The fraction of sp³-hybridized carbons (Fsp3) is 0.462. The number of nitrogens with one attached hydrogen (secondary N) is 1. The van der Waals surface area contributed by atoms with Crippen LogP contribution in [0, 0.1) is 5.82 Å². The van der Waals surface area contributed by atoms with Crippen LogP contribution in [0.5, 0.6) is 0 Å². The summed E-state index contributed by atoms with van der Waals surface area (Å²) in [5, 5.41) is 3.57. The molecule has 1 aromatic carbocycles. The molecule has 0 aromatic heterocycles. The highest BCUT2D eigenvalue weighted by Crippen LogP contribution is 2.14. The van der Waals surface area contributed by atoms with Crippen molar-refractivity contribution in [1.29, 1.82) is 0 Å². The summed E-state index contributed by atoms with van der Waals surface area (Å²) in [6, 6.07) is 4.45. The lowest BCUT2D eigenvalue weighted by molar-refractivity contribution is -0.143. The first-order valence-corrected chi connectivity index (χ1v) is 6.31. The quantitative estimate of drug-likeness (QED) is 0.613. The van der Waals surface area contributed by atoms with Gasteiger partial charge in [-0.15, -0.1) is 0 Å². The van der Waals surface area contributed by atoms with Crippen molar-refractivity contribution in [2.75, 3.05) is 13.2 Å². The molecule has 0 radical (unpaired) electrons. The molecule has 0 aliphatic carbocycles. The van der Waals surface area contributed by atoms with Crippen molar-refractivity contribution in [2.24, 2.45) is 0 Å². The Kier molecular flexibility index (Phi) is 6.68. The van der Waals surface area contributed by atoms with Gasteiger partial charge in [-0.3, -0.25) is 4.79 Å².